The van der Waals surface area contributed by atoms with Gasteiger partial charge < -0.3 is 14.8 Å². The molecule has 1 aromatic carbocycles. The third-order valence-corrected chi connectivity index (χ3v) is 4.70. The number of rotatable bonds is 7. The van der Waals surface area contributed by atoms with Crippen molar-refractivity contribution < 1.29 is 28.4 Å². The predicted octanol–water partition coefficient (Wildman–Crippen LogP) is 3.21. The Morgan fingerprint density at radius 3 is 2.48 bits per heavy atom. The van der Waals surface area contributed by atoms with E-state index in [0.717, 1.165) is 7.11 Å². The highest BCUT2D eigenvalue weighted by Gasteiger charge is 2.40. The van der Waals surface area contributed by atoms with E-state index in [4.69, 9.17) is 9.47 Å². The molecule has 1 heterocycles. The second kappa shape index (κ2) is 9.31. The monoisotopic (exact) mass is 406 g/mol. The molecule has 2 rings (SSSR count). The summed E-state index contributed by atoms with van der Waals surface area (Å²) in [6.45, 7) is 4.06. The lowest BCUT2D eigenvalue weighted by atomic mass is 9.78. The summed E-state index contributed by atoms with van der Waals surface area (Å²) in [4.78, 5) is 36.2. The van der Waals surface area contributed by atoms with Crippen LogP contribution in [0.2, 0.25) is 0 Å². The van der Waals surface area contributed by atoms with Crippen molar-refractivity contribution in [2.75, 3.05) is 20.4 Å². The second-order valence-corrected chi connectivity index (χ2v) is 6.50. The number of dihydropyridines is 1. The van der Waals surface area contributed by atoms with E-state index in [1.807, 2.05) is 6.92 Å². The molecule has 156 valence electrons. The van der Waals surface area contributed by atoms with Crippen LogP contribution >= 0.6 is 0 Å². The first-order chi connectivity index (χ1) is 13.8. The van der Waals surface area contributed by atoms with Gasteiger partial charge in [0.1, 0.15) is 6.67 Å². The lowest BCUT2D eigenvalue weighted by molar-refractivity contribution is -0.385. The minimum Gasteiger partial charge on any atom is -0.466 e. The van der Waals surface area contributed by atoms with Gasteiger partial charge in [-0.05, 0) is 25.8 Å². The number of alkyl halides is 1. The first-order valence-corrected chi connectivity index (χ1v) is 9.04. The van der Waals surface area contributed by atoms with E-state index >= 15 is 0 Å². The standard InChI is InChI=1S/C20H23FN2O6/c1-5-9-29-20(25)16-12(3)22-14(10-21)18(19(24)28-4)17(16)13-7-6-8-15(11(13)2)23(26)27/h6-8,17,22H,5,9-10H2,1-4H3. The average molecular weight is 406 g/mol. The van der Waals surface area contributed by atoms with Crippen LogP contribution in [0, 0.1) is 17.0 Å². The van der Waals surface area contributed by atoms with E-state index in [0.29, 0.717) is 17.7 Å². The Balaban J connectivity index is 2.79. The van der Waals surface area contributed by atoms with E-state index in [1.54, 1.807) is 13.0 Å². The van der Waals surface area contributed by atoms with E-state index < -0.39 is 29.5 Å². The summed E-state index contributed by atoms with van der Waals surface area (Å²) >= 11 is 0. The van der Waals surface area contributed by atoms with Crippen molar-refractivity contribution in [3.05, 3.63) is 62.0 Å². The molecule has 1 unspecified atom stereocenters. The fraction of sp³-hybridized carbons (Fsp3) is 0.400. The summed E-state index contributed by atoms with van der Waals surface area (Å²) in [5, 5.41) is 14.1. The minimum absolute atomic E-state index is 0.0581. The van der Waals surface area contributed by atoms with Crippen LogP contribution < -0.4 is 5.32 Å². The van der Waals surface area contributed by atoms with Crippen molar-refractivity contribution in [1.29, 1.82) is 0 Å². The molecule has 0 spiro atoms. The molecule has 0 aromatic heterocycles. The lowest BCUT2D eigenvalue weighted by Crippen LogP contribution is -2.34. The smallest absolute Gasteiger partial charge is 0.336 e. The van der Waals surface area contributed by atoms with E-state index in [2.05, 4.69) is 5.32 Å². The highest BCUT2D eigenvalue weighted by atomic mass is 19.1. The Morgan fingerprint density at radius 1 is 1.24 bits per heavy atom. The molecule has 9 heteroatoms. The molecule has 1 aliphatic rings. The first-order valence-electron chi connectivity index (χ1n) is 9.04. The summed E-state index contributed by atoms with van der Waals surface area (Å²) in [5.74, 6) is -2.60. The number of hydrogen-bond acceptors (Lipinski definition) is 7. The Hall–Kier alpha value is -3.23. The molecule has 1 aromatic rings. The van der Waals surface area contributed by atoms with Gasteiger partial charge in [0.05, 0.1) is 41.4 Å². The van der Waals surface area contributed by atoms with Gasteiger partial charge in [-0.25, -0.2) is 14.0 Å². The molecule has 0 saturated heterocycles. The van der Waals surface area contributed by atoms with Gasteiger partial charge in [-0.15, -0.1) is 0 Å². The van der Waals surface area contributed by atoms with Crippen molar-refractivity contribution in [3.8, 4) is 0 Å². The number of nitro benzene ring substituents is 1. The number of nitrogens with zero attached hydrogens (tertiary/aromatic N) is 1. The second-order valence-electron chi connectivity index (χ2n) is 6.50. The number of methoxy groups -OCH3 is 1. The van der Waals surface area contributed by atoms with Gasteiger partial charge in [-0.2, -0.15) is 0 Å². The number of halogens is 1. The van der Waals surface area contributed by atoms with Gasteiger partial charge in [0.2, 0.25) is 0 Å². The fourth-order valence-corrected chi connectivity index (χ4v) is 3.36. The molecular formula is C20H23FN2O6. The van der Waals surface area contributed by atoms with Crippen molar-refractivity contribution >= 4 is 17.6 Å². The first kappa shape index (κ1) is 22.1. The van der Waals surface area contributed by atoms with Crippen LogP contribution in [0.3, 0.4) is 0 Å². The van der Waals surface area contributed by atoms with Crippen LogP contribution in [0.4, 0.5) is 10.1 Å². The summed E-state index contributed by atoms with van der Waals surface area (Å²) in [7, 11) is 1.14. The molecule has 0 saturated carbocycles. The molecule has 0 bridgehead atoms. The number of ether oxygens (including phenoxy) is 2. The Bertz CT molecular complexity index is 906. The van der Waals surface area contributed by atoms with Crippen molar-refractivity contribution in [1.82, 2.24) is 5.32 Å². The van der Waals surface area contributed by atoms with Crippen LogP contribution in [0.1, 0.15) is 37.3 Å². The third-order valence-electron chi connectivity index (χ3n) is 4.70. The number of nitrogens with one attached hydrogen (secondary N) is 1. The number of carbonyl (C=O) groups excluding carboxylic acids is 2. The quantitative estimate of drug-likeness (QED) is 0.421. The van der Waals surface area contributed by atoms with Crippen LogP contribution in [-0.4, -0.2) is 37.3 Å². The molecule has 1 aliphatic heterocycles. The van der Waals surface area contributed by atoms with E-state index in [-0.39, 0.29) is 34.7 Å². The van der Waals surface area contributed by atoms with Crippen LogP contribution in [-0.2, 0) is 19.1 Å². The van der Waals surface area contributed by atoms with Gasteiger partial charge in [0.15, 0.2) is 0 Å². The van der Waals surface area contributed by atoms with Gasteiger partial charge >= 0.3 is 11.9 Å². The summed E-state index contributed by atoms with van der Waals surface area (Å²) < 4.78 is 23.8. The molecule has 1 atom stereocenters. The molecule has 0 radical (unpaired) electrons. The van der Waals surface area contributed by atoms with Crippen LogP contribution in [0.25, 0.3) is 0 Å². The molecule has 1 N–H and O–H groups in total. The maximum absolute atomic E-state index is 13.8. The zero-order valence-corrected chi connectivity index (χ0v) is 16.7. The average Bonchev–Trinajstić information content (AvgIpc) is 2.70. The fourth-order valence-electron chi connectivity index (χ4n) is 3.36. The molecular weight excluding hydrogens is 383 g/mol. The topological polar surface area (TPSA) is 108 Å². The van der Waals surface area contributed by atoms with Crippen molar-refractivity contribution in [3.63, 3.8) is 0 Å². The number of esters is 2. The zero-order chi connectivity index (χ0) is 21.7. The molecule has 8 nitrogen and oxygen atoms in total. The Kier molecular flexibility index (Phi) is 7.08. The lowest BCUT2D eigenvalue weighted by Gasteiger charge is -2.31. The number of hydrogen-bond donors (Lipinski definition) is 1. The van der Waals surface area contributed by atoms with E-state index in [9.17, 15) is 24.1 Å². The molecule has 0 fully saturated rings. The zero-order valence-electron chi connectivity index (χ0n) is 16.7. The SMILES string of the molecule is CCCOC(=O)C1=C(C)NC(CF)=C(C(=O)OC)C1c1cccc([N+](=O)[O-])c1C. The van der Waals surface area contributed by atoms with Crippen LogP contribution in [0.15, 0.2) is 40.7 Å². The molecule has 29 heavy (non-hydrogen) atoms. The Morgan fingerprint density at radius 2 is 1.93 bits per heavy atom. The van der Waals surface area contributed by atoms with Crippen molar-refractivity contribution in [2.45, 2.75) is 33.1 Å². The number of nitro groups is 1. The molecule has 0 amide bonds. The maximum Gasteiger partial charge on any atom is 0.336 e. The Labute approximate surface area is 167 Å². The van der Waals surface area contributed by atoms with E-state index in [1.165, 1.54) is 19.1 Å². The molecule has 0 aliphatic carbocycles. The minimum atomic E-state index is -1.07. The highest BCUT2D eigenvalue weighted by Crippen LogP contribution is 2.42. The highest BCUT2D eigenvalue weighted by molar-refractivity contribution is 6.00. The third kappa shape index (κ3) is 4.28. The van der Waals surface area contributed by atoms with Gasteiger partial charge in [0.25, 0.3) is 5.69 Å². The van der Waals surface area contributed by atoms with Gasteiger partial charge in [0, 0.05) is 17.3 Å². The summed E-state index contributed by atoms with van der Waals surface area (Å²) in [5.41, 5.74) is 0.630. The largest absolute Gasteiger partial charge is 0.466 e. The normalized spacial score (nSPS) is 16.4. The summed E-state index contributed by atoms with van der Waals surface area (Å²) in [6, 6.07) is 4.34. The number of allylic oxidation sites excluding steroid dienone is 2. The number of carbonyl (C=O) groups is 2. The number of benzene rings is 1. The summed E-state index contributed by atoms with van der Waals surface area (Å²) in [6.07, 6.45) is 0.585. The van der Waals surface area contributed by atoms with Gasteiger partial charge in [-0.3, -0.25) is 10.1 Å². The van der Waals surface area contributed by atoms with Gasteiger partial charge in [-0.1, -0.05) is 19.1 Å². The predicted molar refractivity (Wildman–Crippen MR) is 103 cm³/mol. The van der Waals surface area contributed by atoms with Crippen molar-refractivity contribution in [2.24, 2.45) is 0 Å². The maximum atomic E-state index is 13.8. The van der Waals surface area contributed by atoms with Crippen LogP contribution in [0.5, 0.6) is 0 Å².